The lowest BCUT2D eigenvalue weighted by molar-refractivity contribution is 0.104. The Morgan fingerprint density at radius 1 is 1.09 bits per heavy atom. The van der Waals surface area contributed by atoms with E-state index in [-0.39, 0.29) is 5.78 Å². The Labute approximate surface area is 137 Å². The normalized spacial score (nSPS) is 11.0. The summed E-state index contributed by atoms with van der Waals surface area (Å²) in [5.41, 5.74) is 3.19. The Hall–Kier alpha value is -1.80. The molecule has 0 saturated heterocycles. The zero-order chi connectivity index (χ0) is 15.8. The quantitative estimate of drug-likeness (QED) is 0.373. The third-order valence-electron chi connectivity index (χ3n) is 3.42. The lowest BCUT2D eigenvalue weighted by atomic mass is 10.0. The van der Waals surface area contributed by atoms with Gasteiger partial charge >= 0.3 is 0 Å². The van der Waals surface area contributed by atoms with Crippen molar-refractivity contribution < 1.29 is 4.79 Å². The first-order valence-electron chi connectivity index (χ1n) is 7.77. The van der Waals surface area contributed by atoms with Crippen molar-refractivity contribution in [2.75, 3.05) is 5.75 Å². The van der Waals surface area contributed by atoms with Crippen LogP contribution in [0, 0.1) is 0 Å². The summed E-state index contributed by atoms with van der Waals surface area (Å²) >= 11 is 1.85. The molecule has 0 spiro atoms. The molecule has 0 fully saturated rings. The van der Waals surface area contributed by atoms with Gasteiger partial charge in [0.15, 0.2) is 5.78 Å². The summed E-state index contributed by atoms with van der Waals surface area (Å²) in [5.74, 6) is 1.13. The van der Waals surface area contributed by atoms with Gasteiger partial charge in [0.25, 0.3) is 0 Å². The Morgan fingerprint density at radius 2 is 1.86 bits per heavy atom. The van der Waals surface area contributed by atoms with Gasteiger partial charge in [-0.3, -0.25) is 4.79 Å². The molecule has 0 N–H and O–H groups in total. The van der Waals surface area contributed by atoms with Crippen molar-refractivity contribution in [1.29, 1.82) is 0 Å². The molecule has 1 nitrogen and oxygen atoms in total. The van der Waals surface area contributed by atoms with Gasteiger partial charge in [-0.2, -0.15) is 0 Å². The van der Waals surface area contributed by atoms with E-state index in [2.05, 4.69) is 32.0 Å². The van der Waals surface area contributed by atoms with Crippen molar-refractivity contribution in [2.24, 2.45) is 0 Å². The zero-order valence-electron chi connectivity index (χ0n) is 13.2. The molecule has 0 radical (unpaired) electrons. The van der Waals surface area contributed by atoms with E-state index in [1.165, 1.54) is 10.5 Å². The number of thioether (sulfide) groups is 1. The van der Waals surface area contributed by atoms with Crippen LogP contribution in [0.5, 0.6) is 0 Å². The summed E-state index contributed by atoms with van der Waals surface area (Å²) in [5, 5.41) is 0. The van der Waals surface area contributed by atoms with Gasteiger partial charge < -0.3 is 0 Å². The molecule has 0 atom stereocenters. The molecule has 0 aromatic heterocycles. The summed E-state index contributed by atoms with van der Waals surface area (Å²) in [7, 11) is 0. The van der Waals surface area contributed by atoms with Crippen LogP contribution in [0.15, 0.2) is 59.5 Å². The average molecular weight is 310 g/mol. The summed E-state index contributed by atoms with van der Waals surface area (Å²) in [4.78, 5) is 13.5. The minimum atomic E-state index is 0.0510. The lowest BCUT2D eigenvalue weighted by Gasteiger charge is -2.08. The first-order valence-corrected chi connectivity index (χ1v) is 8.76. The number of carbonyl (C=O) groups excluding carboxylic acids is 1. The fourth-order valence-corrected chi connectivity index (χ4v) is 3.07. The maximum Gasteiger partial charge on any atom is 0.185 e. The molecule has 0 saturated carbocycles. The van der Waals surface area contributed by atoms with Gasteiger partial charge in [0.05, 0.1) is 0 Å². The van der Waals surface area contributed by atoms with Gasteiger partial charge in [-0.1, -0.05) is 62.7 Å². The zero-order valence-corrected chi connectivity index (χ0v) is 14.0. The van der Waals surface area contributed by atoms with Crippen molar-refractivity contribution in [1.82, 2.24) is 0 Å². The van der Waals surface area contributed by atoms with Crippen molar-refractivity contribution in [3.05, 3.63) is 71.3 Å². The van der Waals surface area contributed by atoms with Crippen LogP contribution in [-0.4, -0.2) is 11.5 Å². The number of rotatable bonds is 7. The second-order valence-corrected chi connectivity index (χ2v) is 6.44. The Balaban J connectivity index is 2.20. The van der Waals surface area contributed by atoms with Crippen molar-refractivity contribution in [2.45, 2.75) is 31.6 Å². The molecule has 0 unspecified atom stereocenters. The number of benzene rings is 2. The van der Waals surface area contributed by atoms with Gasteiger partial charge in [-0.05, 0) is 41.5 Å². The average Bonchev–Trinajstić information content (AvgIpc) is 2.55. The van der Waals surface area contributed by atoms with Gasteiger partial charge in [0.1, 0.15) is 0 Å². The maximum absolute atomic E-state index is 12.2. The standard InChI is InChI=1S/C20H22OS/c1-3-8-18-15-19(22-4-2)13-11-16(18)12-14-20(21)17-9-6-5-7-10-17/h5-7,9-15H,3-4,8H2,1-2H3/b14-12+. The molecule has 0 bridgehead atoms. The van der Waals surface area contributed by atoms with E-state index < -0.39 is 0 Å². The molecular weight excluding hydrogens is 288 g/mol. The number of aryl methyl sites for hydroxylation is 1. The third kappa shape index (κ3) is 4.60. The molecule has 114 valence electrons. The van der Waals surface area contributed by atoms with E-state index >= 15 is 0 Å². The van der Waals surface area contributed by atoms with Crippen LogP contribution in [0.3, 0.4) is 0 Å². The SMILES string of the molecule is CCCc1cc(SCC)ccc1/C=C/C(=O)c1ccccc1. The predicted molar refractivity (Wildman–Crippen MR) is 96.6 cm³/mol. The number of allylic oxidation sites excluding steroid dienone is 1. The van der Waals surface area contributed by atoms with Gasteiger partial charge in [0, 0.05) is 10.5 Å². The number of hydrogen-bond acceptors (Lipinski definition) is 2. The van der Waals surface area contributed by atoms with Crippen LogP contribution in [0.2, 0.25) is 0 Å². The van der Waals surface area contributed by atoms with E-state index in [0.29, 0.717) is 0 Å². The number of ketones is 1. The largest absolute Gasteiger partial charge is 0.289 e. The van der Waals surface area contributed by atoms with Crippen LogP contribution in [-0.2, 0) is 6.42 Å². The van der Waals surface area contributed by atoms with Crippen molar-refractivity contribution in [3.63, 3.8) is 0 Å². The third-order valence-corrected chi connectivity index (χ3v) is 4.29. The Kier molecular flexibility index (Phi) is 6.47. The predicted octanol–water partition coefficient (Wildman–Crippen LogP) is 5.65. The lowest BCUT2D eigenvalue weighted by Crippen LogP contribution is -1.94. The van der Waals surface area contributed by atoms with Gasteiger partial charge in [-0.15, -0.1) is 11.8 Å². The molecule has 2 aromatic rings. The molecule has 0 aliphatic heterocycles. The highest BCUT2D eigenvalue weighted by atomic mass is 32.2. The summed E-state index contributed by atoms with van der Waals surface area (Å²) < 4.78 is 0. The molecule has 0 aliphatic rings. The molecule has 0 amide bonds. The van der Waals surface area contributed by atoms with Crippen LogP contribution in [0.4, 0.5) is 0 Å². The van der Waals surface area contributed by atoms with Gasteiger partial charge in [0.2, 0.25) is 0 Å². The Bertz CT molecular complexity index is 644. The molecule has 2 heteroatoms. The first-order chi connectivity index (χ1) is 10.7. The second-order valence-electron chi connectivity index (χ2n) is 5.11. The van der Waals surface area contributed by atoms with E-state index in [1.807, 2.05) is 48.2 Å². The highest BCUT2D eigenvalue weighted by Gasteiger charge is 2.04. The second kappa shape index (κ2) is 8.60. The molecule has 0 heterocycles. The van der Waals surface area contributed by atoms with Crippen molar-refractivity contribution in [3.8, 4) is 0 Å². The molecule has 2 aromatic carbocycles. The topological polar surface area (TPSA) is 17.1 Å². The smallest absolute Gasteiger partial charge is 0.185 e. The van der Waals surface area contributed by atoms with E-state index in [1.54, 1.807) is 6.08 Å². The van der Waals surface area contributed by atoms with Crippen molar-refractivity contribution >= 4 is 23.6 Å². The minimum absolute atomic E-state index is 0.0510. The summed E-state index contributed by atoms with van der Waals surface area (Å²) in [6, 6.07) is 15.9. The highest BCUT2D eigenvalue weighted by Crippen LogP contribution is 2.23. The van der Waals surface area contributed by atoms with Crippen LogP contribution in [0.1, 0.15) is 41.8 Å². The fraction of sp³-hybridized carbons (Fsp3) is 0.250. The molecular formula is C20H22OS. The highest BCUT2D eigenvalue weighted by molar-refractivity contribution is 7.99. The van der Waals surface area contributed by atoms with E-state index in [0.717, 1.165) is 29.7 Å². The maximum atomic E-state index is 12.2. The minimum Gasteiger partial charge on any atom is -0.289 e. The monoisotopic (exact) mass is 310 g/mol. The Morgan fingerprint density at radius 3 is 2.55 bits per heavy atom. The molecule has 2 rings (SSSR count). The molecule has 0 aliphatic carbocycles. The van der Waals surface area contributed by atoms with Crippen LogP contribution >= 0.6 is 11.8 Å². The number of carbonyl (C=O) groups is 1. The summed E-state index contributed by atoms with van der Waals surface area (Å²) in [6.07, 6.45) is 5.77. The van der Waals surface area contributed by atoms with E-state index in [4.69, 9.17) is 0 Å². The van der Waals surface area contributed by atoms with Crippen LogP contribution < -0.4 is 0 Å². The fourth-order valence-electron chi connectivity index (χ4n) is 2.35. The molecule has 22 heavy (non-hydrogen) atoms. The first kappa shape index (κ1) is 16.6. The van der Waals surface area contributed by atoms with Crippen LogP contribution in [0.25, 0.3) is 6.08 Å². The summed E-state index contributed by atoms with van der Waals surface area (Å²) in [6.45, 7) is 4.35. The van der Waals surface area contributed by atoms with E-state index in [9.17, 15) is 4.79 Å². The van der Waals surface area contributed by atoms with Gasteiger partial charge in [-0.25, -0.2) is 0 Å². The number of hydrogen-bond donors (Lipinski definition) is 0.